The van der Waals surface area contributed by atoms with E-state index in [1.54, 1.807) is 0 Å². The molecule has 0 bridgehead atoms. The molecule has 30 heavy (non-hydrogen) atoms. The van der Waals surface area contributed by atoms with Gasteiger partial charge in [0.05, 0.1) is 0 Å². The van der Waals surface area contributed by atoms with Gasteiger partial charge in [-0.15, -0.1) is 0 Å². The fourth-order valence-corrected chi connectivity index (χ4v) is 2.94. The average molecular weight is 456 g/mol. The van der Waals surface area contributed by atoms with Crippen LogP contribution in [-0.4, -0.2) is 48.8 Å². The second kappa shape index (κ2) is 10.1. The van der Waals surface area contributed by atoms with Crippen molar-refractivity contribution in [3.63, 3.8) is 0 Å². The molecule has 0 aliphatic heterocycles. The minimum atomic E-state index is -6.44. The molecule has 0 aromatic carbocycles. The van der Waals surface area contributed by atoms with Crippen LogP contribution in [0.5, 0.6) is 0 Å². The zero-order valence-corrected chi connectivity index (χ0v) is 16.4. The lowest BCUT2D eigenvalue weighted by molar-refractivity contribution is -0.344. The van der Waals surface area contributed by atoms with E-state index in [-0.39, 0.29) is 18.9 Å². The number of hydrogen-bond acceptors (Lipinski definition) is 4. The lowest BCUT2D eigenvalue weighted by atomic mass is 9.80. The molecule has 0 radical (unpaired) electrons. The fourth-order valence-electron chi connectivity index (χ4n) is 2.94. The Hall–Kier alpha value is -1.62. The van der Waals surface area contributed by atoms with E-state index in [1.807, 2.05) is 6.92 Å². The number of halogens is 8. The van der Waals surface area contributed by atoms with Crippen molar-refractivity contribution in [2.75, 3.05) is 6.61 Å². The first kappa shape index (κ1) is 26.4. The van der Waals surface area contributed by atoms with Gasteiger partial charge in [-0.25, -0.2) is 8.78 Å². The van der Waals surface area contributed by atoms with Crippen LogP contribution in [-0.2, 0) is 19.1 Å². The number of carbonyl (C=O) groups excluding carboxylic acids is 2. The van der Waals surface area contributed by atoms with E-state index in [4.69, 9.17) is 4.74 Å². The Balaban J connectivity index is 2.40. The first-order valence-electron chi connectivity index (χ1n) is 9.38. The predicted octanol–water partition coefficient (Wildman–Crippen LogP) is 5.24. The molecule has 0 heterocycles. The molecule has 0 amide bonds. The molecule has 176 valence electrons. The first-order chi connectivity index (χ1) is 13.6. The van der Waals surface area contributed by atoms with Crippen LogP contribution in [0.3, 0.4) is 0 Å². The van der Waals surface area contributed by atoms with Crippen molar-refractivity contribution >= 4 is 11.9 Å². The van der Waals surface area contributed by atoms with Crippen molar-refractivity contribution < 1.29 is 54.2 Å². The molecule has 0 aromatic rings. The summed E-state index contributed by atoms with van der Waals surface area (Å²) in [5, 5.41) is 0. The smallest absolute Gasteiger partial charge is 0.381 e. The quantitative estimate of drug-likeness (QED) is 0.333. The van der Waals surface area contributed by atoms with Gasteiger partial charge in [-0.1, -0.05) is 13.8 Å². The summed E-state index contributed by atoms with van der Waals surface area (Å²) in [6.07, 6.45) is -4.21. The van der Waals surface area contributed by atoms with E-state index >= 15 is 0 Å². The topological polar surface area (TPSA) is 52.6 Å². The van der Waals surface area contributed by atoms with Crippen LogP contribution < -0.4 is 0 Å². The maximum Gasteiger partial charge on any atom is 0.381 e. The molecule has 3 atom stereocenters. The van der Waals surface area contributed by atoms with Gasteiger partial charge in [-0.05, 0) is 37.5 Å². The highest BCUT2D eigenvalue weighted by Gasteiger charge is 2.75. The van der Waals surface area contributed by atoms with Gasteiger partial charge >= 0.3 is 36.1 Å². The summed E-state index contributed by atoms with van der Waals surface area (Å²) in [5.41, 5.74) is 0. The Kier molecular flexibility index (Phi) is 8.92. The molecule has 1 fully saturated rings. The van der Waals surface area contributed by atoms with Gasteiger partial charge in [-0.2, -0.15) is 26.3 Å². The minimum absolute atomic E-state index is 0.217. The Morgan fingerprint density at radius 3 is 2.03 bits per heavy atom. The number of esters is 2. The van der Waals surface area contributed by atoms with Crippen LogP contribution in [0.4, 0.5) is 35.1 Å². The van der Waals surface area contributed by atoms with Gasteiger partial charge in [0, 0.05) is 12.8 Å². The monoisotopic (exact) mass is 456 g/mol. The zero-order chi connectivity index (χ0) is 23.3. The molecular formula is C18H24F8O4. The molecule has 1 saturated carbocycles. The maximum absolute atomic E-state index is 13.3. The van der Waals surface area contributed by atoms with Crippen molar-refractivity contribution in [2.45, 2.75) is 82.7 Å². The number of carbonyl (C=O) groups is 2. The Morgan fingerprint density at radius 1 is 0.933 bits per heavy atom. The van der Waals surface area contributed by atoms with Gasteiger partial charge in [0.15, 0.2) is 6.61 Å². The normalized spacial score (nSPS) is 23.4. The Labute approximate surface area is 168 Å². The summed E-state index contributed by atoms with van der Waals surface area (Å²) in [7, 11) is 0. The molecule has 1 rings (SSSR count). The van der Waals surface area contributed by atoms with Crippen LogP contribution in [0.2, 0.25) is 0 Å². The SMILES string of the molecule is CC1CCC(OC(=O)CCCC(=O)OCC(F)(F)C(F)(F)C(F)(F)C(F)F)CC1C. The molecular weight excluding hydrogens is 432 g/mol. The average Bonchev–Trinajstić information content (AvgIpc) is 2.62. The summed E-state index contributed by atoms with van der Waals surface area (Å²) in [6, 6.07) is 0. The van der Waals surface area contributed by atoms with Crippen LogP contribution >= 0.6 is 0 Å². The lowest BCUT2D eigenvalue weighted by Gasteiger charge is -2.31. The third-order valence-corrected chi connectivity index (χ3v) is 5.18. The molecule has 1 aliphatic rings. The van der Waals surface area contributed by atoms with E-state index < -0.39 is 49.2 Å². The van der Waals surface area contributed by atoms with Gasteiger partial charge < -0.3 is 9.47 Å². The molecule has 0 N–H and O–H groups in total. The van der Waals surface area contributed by atoms with Crippen LogP contribution in [0, 0.1) is 11.8 Å². The predicted molar refractivity (Wildman–Crippen MR) is 87.7 cm³/mol. The van der Waals surface area contributed by atoms with Crippen molar-refractivity contribution in [1.29, 1.82) is 0 Å². The Bertz CT molecular complexity index is 597. The van der Waals surface area contributed by atoms with E-state index in [0.29, 0.717) is 24.7 Å². The third kappa shape index (κ3) is 6.44. The second-order valence-electron chi connectivity index (χ2n) is 7.60. The highest BCUT2D eigenvalue weighted by atomic mass is 19.4. The second-order valence-corrected chi connectivity index (χ2v) is 7.60. The number of hydrogen-bond donors (Lipinski definition) is 0. The summed E-state index contributed by atoms with van der Waals surface area (Å²) in [6.45, 7) is 1.60. The standard InChI is InChI=1S/C18H24F8O4/c1-10-6-7-12(8-11(10)2)30-14(28)5-3-4-13(27)29-9-16(21,22)18(25,26)17(23,24)15(19)20/h10-12,15H,3-9H2,1-2H3. The van der Waals surface area contributed by atoms with Gasteiger partial charge in [-0.3, -0.25) is 9.59 Å². The molecule has 1 aliphatic carbocycles. The third-order valence-electron chi connectivity index (χ3n) is 5.18. The Morgan fingerprint density at radius 2 is 1.50 bits per heavy atom. The molecule has 0 spiro atoms. The number of alkyl halides is 8. The summed E-state index contributed by atoms with van der Waals surface area (Å²) in [5.74, 6) is -19.7. The van der Waals surface area contributed by atoms with Crippen LogP contribution in [0.1, 0.15) is 52.4 Å². The fraction of sp³-hybridized carbons (Fsp3) is 0.889. The highest BCUT2D eigenvalue weighted by molar-refractivity contribution is 5.72. The van der Waals surface area contributed by atoms with Crippen molar-refractivity contribution in [2.24, 2.45) is 11.8 Å². The lowest BCUT2D eigenvalue weighted by Crippen LogP contribution is -2.59. The molecule has 0 saturated heterocycles. The van der Waals surface area contributed by atoms with Crippen molar-refractivity contribution in [3.05, 3.63) is 0 Å². The molecule has 0 aromatic heterocycles. The number of ether oxygens (including phenoxy) is 2. The molecule has 3 unspecified atom stereocenters. The number of rotatable bonds is 10. The van der Waals surface area contributed by atoms with Crippen molar-refractivity contribution in [1.82, 2.24) is 0 Å². The summed E-state index contributed by atoms with van der Waals surface area (Å²) in [4.78, 5) is 23.1. The first-order valence-corrected chi connectivity index (χ1v) is 9.38. The zero-order valence-electron chi connectivity index (χ0n) is 16.4. The summed E-state index contributed by atoms with van der Waals surface area (Å²) < 4.78 is 111. The van der Waals surface area contributed by atoms with Crippen molar-refractivity contribution in [3.8, 4) is 0 Å². The van der Waals surface area contributed by atoms with Crippen LogP contribution in [0.15, 0.2) is 0 Å². The maximum atomic E-state index is 13.3. The van der Waals surface area contributed by atoms with E-state index in [2.05, 4.69) is 11.7 Å². The minimum Gasteiger partial charge on any atom is -0.462 e. The molecule has 12 heteroatoms. The van der Waals surface area contributed by atoms with Gasteiger partial charge in [0.2, 0.25) is 0 Å². The van der Waals surface area contributed by atoms with Crippen LogP contribution in [0.25, 0.3) is 0 Å². The highest BCUT2D eigenvalue weighted by Crippen LogP contribution is 2.48. The van der Waals surface area contributed by atoms with E-state index in [0.717, 1.165) is 6.42 Å². The van der Waals surface area contributed by atoms with Gasteiger partial charge in [0.25, 0.3) is 0 Å². The van der Waals surface area contributed by atoms with E-state index in [1.165, 1.54) is 0 Å². The summed E-state index contributed by atoms with van der Waals surface area (Å²) >= 11 is 0. The largest absolute Gasteiger partial charge is 0.462 e. The van der Waals surface area contributed by atoms with E-state index in [9.17, 15) is 44.7 Å². The van der Waals surface area contributed by atoms with Gasteiger partial charge in [0.1, 0.15) is 6.10 Å². The molecule has 4 nitrogen and oxygen atoms in total.